The van der Waals surface area contributed by atoms with Crippen LogP contribution in [-0.2, 0) is 12.8 Å². The van der Waals surface area contributed by atoms with Crippen molar-refractivity contribution in [1.29, 1.82) is 0 Å². The van der Waals surface area contributed by atoms with E-state index in [1.807, 2.05) is 29.5 Å². The van der Waals surface area contributed by atoms with Gasteiger partial charge in [-0.3, -0.25) is 0 Å². The Hall–Kier alpha value is -0.860. The van der Waals surface area contributed by atoms with E-state index in [2.05, 4.69) is 6.07 Å². The van der Waals surface area contributed by atoms with Crippen LogP contribution in [0.5, 0.6) is 0 Å². The molecule has 1 aromatic heterocycles. The molecular formula is C13H12ClNS. The van der Waals surface area contributed by atoms with Gasteiger partial charge in [0.05, 0.1) is 5.69 Å². The largest absolute Gasteiger partial charge is 0.241 e. The fourth-order valence-electron chi connectivity index (χ4n) is 2.10. The molecule has 1 aromatic carbocycles. The molecule has 0 bridgehead atoms. The van der Waals surface area contributed by atoms with Gasteiger partial charge in [-0.1, -0.05) is 23.7 Å². The Kier molecular flexibility index (Phi) is 2.70. The minimum Gasteiger partial charge on any atom is -0.241 e. The number of aryl methyl sites for hydroxylation is 2. The number of hydrogen-bond donors (Lipinski definition) is 0. The van der Waals surface area contributed by atoms with Gasteiger partial charge in [0, 0.05) is 15.5 Å². The highest BCUT2D eigenvalue weighted by Gasteiger charge is 2.15. The number of thiazole rings is 1. The first-order valence-electron chi connectivity index (χ1n) is 5.57. The van der Waals surface area contributed by atoms with Gasteiger partial charge >= 0.3 is 0 Å². The van der Waals surface area contributed by atoms with Crippen LogP contribution in [0.15, 0.2) is 24.3 Å². The van der Waals surface area contributed by atoms with Crippen molar-refractivity contribution in [2.75, 3.05) is 0 Å². The van der Waals surface area contributed by atoms with E-state index in [0.717, 1.165) is 22.0 Å². The fraction of sp³-hybridized carbons (Fsp3) is 0.308. The van der Waals surface area contributed by atoms with Crippen molar-refractivity contribution in [3.05, 3.63) is 39.9 Å². The second-order valence-electron chi connectivity index (χ2n) is 4.11. The Morgan fingerprint density at radius 3 is 2.88 bits per heavy atom. The van der Waals surface area contributed by atoms with E-state index in [-0.39, 0.29) is 0 Å². The van der Waals surface area contributed by atoms with Gasteiger partial charge < -0.3 is 0 Å². The van der Waals surface area contributed by atoms with Crippen LogP contribution >= 0.6 is 22.9 Å². The van der Waals surface area contributed by atoms with Crippen LogP contribution in [0.25, 0.3) is 10.6 Å². The van der Waals surface area contributed by atoms with E-state index in [1.165, 1.54) is 29.8 Å². The van der Waals surface area contributed by atoms with E-state index in [0.29, 0.717) is 0 Å². The number of fused-ring (bicyclic) bond motifs is 1. The standard InChI is InChI=1S/C13H12ClNS/c14-10-5-3-4-9(8-10)13-15-11-6-1-2-7-12(11)16-13/h3-5,8H,1-2,6-7H2. The smallest absolute Gasteiger partial charge is 0.123 e. The summed E-state index contributed by atoms with van der Waals surface area (Å²) >= 11 is 7.83. The van der Waals surface area contributed by atoms with Crippen LogP contribution in [0.1, 0.15) is 23.4 Å². The first kappa shape index (κ1) is 10.3. The zero-order valence-electron chi connectivity index (χ0n) is 8.87. The minimum absolute atomic E-state index is 0.783. The van der Waals surface area contributed by atoms with Gasteiger partial charge in [0.2, 0.25) is 0 Å². The van der Waals surface area contributed by atoms with Gasteiger partial charge in [0.15, 0.2) is 0 Å². The molecule has 1 nitrogen and oxygen atoms in total. The lowest BCUT2D eigenvalue weighted by Gasteiger charge is -2.06. The average molecular weight is 250 g/mol. The summed E-state index contributed by atoms with van der Waals surface area (Å²) < 4.78 is 0. The highest BCUT2D eigenvalue weighted by molar-refractivity contribution is 7.15. The van der Waals surface area contributed by atoms with E-state index in [4.69, 9.17) is 16.6 Å². The van der Waals surface area contributed by atoms with Gasteiger partial charge in [0.1, 0.15) is 5.01 Å². The van der Waals surface area contributed by atoms with Crippen molar-refractivity contribution in [3.8, 4) is 10.6 Å². The van der Waals surface area contributed by atoms with E-state index >= 15 is 0 Å². The van der Waals surface area contributed by atoms with Crippen LogP contribution in [0.2, 0.25) is 5.02 Å². The van der Waals surface area contributed by atoms with Gasteiger partial charge in [-0.2, -0.15) is 0 Å². The number of rotatable bonds is 1. The van der Waals surface area contributed by atoms with Gasteiger partial charge in [-0.25, -0.2) is 4.98 Å². The summed E-state index contributed by atoms with van der Waals surface area (Å²) in [6.07, 6.45) is 4.94. The molecule has 3 heteroatoms. The molecule has 3 rings (SSSR count). The molecule has 1 aliphatic rings. The molecule has 1 aliphatic carbocycles. The molecule has 0 fully saturated rings. The maximum absolute atomic E-state index is 6.00. The Morgan fingerprint density at radius 1 is 1.19 bits per heavy atom. The number of halogens is 1. The van der Waals surface area contributed by atoms with Crippen LogP contribution in [0.4, 0.5) is 0 Å². The highest BCUT2D eigenvalue weighted by Crippen LogP contribution is 2.33. The summed E-state index contributed by atoms with van der Waals surface area (Å²) in [5, 5.41) is 1.90. The zero-order valence-corrected chi connectivity index (χ0v) is 10.4. The summed E-state index contributed by atoms with van der Waals surface area (Å²) in [5.41, 5.74) is 2.46. The maximum Gasteiger partial charge on any atom is 0.123 e. The molecule has 0 atom stereocenters. The monoisotopic (exact) mass is 249 g/mol. The van der Waals surface area contributed by atoms with Crippen LogP contribution in [0.3, 0.4) is 0 Å². The number of nitrogens with zero attached hydrogens (tertiary/aromatic N) is 1. The number of benzene rings is 1. The molecular weight excluding hydrogens is 238 g/mol. The lowest BCUT2D eigenvalue weighted by Crippen LogP contribution is -1.98. The van der Waals surface area contributed by atoms with E-state index in [9.17, 15) is 0 Å². The van der Waals surface area contributed by atoms with Gasteiger partial charge in [-0.15, -0.1) is 11.3 Å². The second-order valence-corrected chi connectivity index (χ2v) is 5.63. The molecule has 1 heterocycles. The van der Waals surface area contributed by atoms with Crippen molar-refractivity contribution < 1.29 is 0 Å². The van der Waals surface area contributed by atoms with E-state index in [1.54, 1.807) is 0 Å². The molecule has 2 aromatic rings. The van der Waals surface area contributed by atoms with Crippen molar-refractivity contribution in [1.82, 2.24) is 4.98 Å². The molecule has 0 radical (unpaired) electrons. The Labute approximate surface area is 104 Å². The molecule has 16 heavy (non-hydrogen) atoms. The Balaban J connectivity index is 2.03. The van der Waals surface area contributed by atoms with E-state index < -0.39 is 0 Å². The first-order valence-corrected chi connectivity index (χ1v) is 6.77. The zero-order chi connectivity index (χ0) is 11.0. The molecule has 82 valence electrons. The minimum atomic E-state index is 0.783. The highest BCUT2D eigenvalue weighted by atomic mass is 35.5. The quantitative estimate of drug-likeness (QED) is 0.733. The summed E-state index contributed by atoms with van der Waals surface area (Å²) in [6, 6.07) is 7.96. The van der Waals surface area contributed by atoms with Gasteiger partial charge in [-0.05, 0) is 37.8 Å². The van der Waals surface area contributed by atoms with Crippen molar-refractivity contribution >= 4 is 22.9 Å². The third-order valence-electron chi connectivity index (χ3n) is 2.92. The van der Waals surface area contributed by atoms with Crippen molar-refractivity contribution in [3.63, 3.8) is 0 Å². The normalized spacial score (nSPS) is 14.8. The third kappa shape index (κ3) is 1.87. The maximum atomic E-state index is 6.00. The van der Waals surface area contributed by atoms with Crippen molar-refractivity contribution in [2.45, 2.75) is 25.7 Å². The molecule has 0 unspecified atom stereocenters. The lowest BCUT2D eigenvalue weighted by atomic mass is 10.0. The molecule has 0 saturated heterocycles. The predicted octanol–water partition coefficient (Wildman–Crippen LogP) is 4.34. The van der Waals surface area contributed by atoms with Gasteiger partial charge in [0.25, 0.3) is 0 Å². The predicted molar refractivity (Wildman–Crippen MR) is 69.2 cm³/mol. The molecule has 0 spiro atoms. The summed E-state index contributed by atoms with van der Waals surface area (Å²) in [4.78, 5) is 6.20. The third-order valence-corrected chi connectivity index (χ3v) is 4.36. The van der Waals surface area contributed by atoms with Crippen LogP contribution < -0.4 is 0 Å². The van der Waals surface area contributed by atoms with Crippen LogP contribution in [0, 0.1) is 0 Å². The summed E-state index contributed by atoms with van der Waals surface area (Å²) in [5.74, 6) is 0. The van der Waals surface area contributed by atoms with Crippen molar-refractivity contribution in [2.24, 2.45) is 0 Å². The fourth-order valence-corrected chi connectivity index (χ4v) is 3.43. The SMILES string of the molecule is Clc1cccc(-c2nc3c(s2)CCCC3)c1. The summed E-state index contributed by atoms with van der Waals surface area (Å²) in [7, 11) is 0. The van der Waals surface area contributed by atoms with Crippen LogP contribution in [-0.4, -0.2) is 4.98 Å². The molecule has 0 aliphatic heterocycles. The lowest BCUT2D eigenvalue weighted by molar-refractivity contribution is 0.682. The number of aromatic nitrogens is 1. The molecule has 0 amide bonds. The average Bonchev–Trinajstić information content (AvgIpc) is 2.72. The second kappa shape index (κ2) is 4.19. The number of hydrogen-bond acceptors (Lipinski definition) is 2. The topological polar surface area (TPSA) is 12.9 Å². The first-order chi connectivity index (χ1) is 7.83. The Morgan fingerprint density at radius 2 is 2.06 bits per heavy atom. The Bertz CT molecular complexity index is 495. The molecule has 0 N–H and O–H groups in total. The summed E-state index contributed by atoms with van der Waals surface area (Å²) in [6.45, 7) is 0. The molecule has 0 saturated carbocycles.